The summed E-state index contributed by atoms with van der Waals surface area (Å²) >= 11 is 0. The number of benzene rings is 1. The first kappa shape index (κ1) is 17.5. The van der Waals surface area contributed by atoms with Gasteiger partial charge in [-0.25, -0.2) is 4.98 Å². The average Bonchev–Trinajstić information content (AvgIpc) is 3.09. The number of fused-ring (bicyclic) bond motifs is 1. The molecule has 2 fully saturated rings. The van der Waals surface area contributed by atoms with E-state index in [2.05, 4.69) is 33.8 Å². The third kappa shape index (κ3) is 2.91. The van der Waals surface area contributed by atoms with Crippen LogP contribution in [-0.4, -0.2) is 82.5 Å². The van der Waals surface area contributed by atoms with Crippen LogP contribution in [0.25, 0.3) is 11.0 Å². The van der Waals surface area contributed by atoms with Crippen LogP contribution in [0.4, 0.5) is 0 Å². The molecule has 0 aliphatic carbocycles. The maximum Gasteiger partial charge on any atom is 0.245 e. The molecule has 0 saturated carbocycles. The van der Waals surface area contributed by atoms with Crippen LogP contribution in [0.3, 0.4) is 0 Å². The van der Waals surface area contributed by atoms with Gasteiger partial charge in [0.05, 0.1) is 17.4 Å². The Balaban J connectivity index is 1.54. The number of rotatable bonds is 2. The lowest BCUT2D eigenvalue weighted by Crippen LogP contribution is -2.65. The van der Waals surface area contributed by atoms with E-state index in [0.717, 1.165) is 56.6 Å². The zero-order valence-corrected chi connectivity index (χ0v) is 16.1. The molecule has 3 heterocycles. The van der Waals surface area contributed by atoms with Crippen LogP contribution in [0, 0.1) is 0 Å². The van der Waals surface area contributed by atoms with Gasteiger partial charge >= 0.3 is 0 Å². The lowest BCUT2D eigenvalue weighted by molar-refractivity contribution is -0.141. The van der Waals surface area contributed by atoms with Crippen molar-refractivity contribution < 1.29 is 4.79 Å². The number of carbonyl (C=O) groups is 1. The fourth-order valence-electron chi connectivity index (χ4n) is 4.50. The summed E-state index contributed by atoms with van der Waals surface area (Å²) in [5.74, 6) is 0.208. The van der Waals surface area contributed by atoms with Crippen molar-refractivity contribution in [1.82, 2.24) is 24.3 Å². The van der Waals surface area contributed by atoms with E-state index in [-0.39, 0.29) is 17.5 Å². The molecular formula is C20H29N5O. The Kier molecular flexibility index (Phi) is 4.49. The van der Waals surface area contributed by atoms with Gasteiger partial charge in [-0.05, 0) is 59.1 Å². The van der Waals surface area contributed by atoms with E-state index < -0.39 is 0 Å². The van der Waals surface area contributed by atoms with E-state index in [1.165, 1.54) is 0 Å². The van der Waals surface area contributed by atoms with Crippen LogP contribution in [-0.2, 0) is 4.79 Å². The maximum atomic E-state index is 13.3. The molecule has 2 saturated heterocycles. The van der Waals surface area contributed by atoms with Crippen molar-refractivity contribution >= 4 is 16.9 Å². The predicted molar refractivity (Wildman–Crippen MR) is 103 cm³/mol. The number of imidazole rings is 1. The highest BCUT2D eigenvalue weighted by atomic mass is 16.2. The summed E-state index contributed by atoms with van der Waals surface area (Å²) in [5.41, 5.74) is 2.10. The largest absolute Gasteiger partial charge is 0.338 e. The molecule has 1 aromatic heterocycles. The van der Waals surface area contributed by atoms with E-state index in [9.17, 15) is 4.79 Å². The Bertz CT molecular complexity index is 792. The Morgan fingerprint density at radius 2 is 1.85 bits per heavy atom. The van der Waals surface area contributed by atoms with Gasteiger partial charge in [0, 0.05) is 25.2 Å². The third-order valence-corrected chi connectivity index (χ3v) is 6.49. The molecule has 6 nitrogen and oxygen atoms in total. The molecule has 2 aliphatic heterocycles. The zero-order chi connectivity index (χ0) is 18.3. The maximum absolute atomic E-state index is 13.3. The van der Waals surface area contributed by atoms with Gasteiger partial charge in [0.1, 0.15) is 6.04 Å². The topological polar surface area (TPSA) is 44.6 Å². The summed E-state index contributed by atoms with van der Waals surface area (Å²) in [5, 5.41) is 0. The molecule has 4 rings (SSSR count). The second-order valence-electron chi connectivity index (χ2n) is 8.03. The molecule has 140 valence electrons. The predicted octanol–water partition coefficient (Wildman–Crippen LogP) is 1.84. The monoisotopic (exact) mass is 355 g/mol. The molecule has 1 aromatic carbocycles. The van der Waals surface area contributed by atoms with E-state index in [4.69, 9.17) is 0 Å². The van der Waals surface area contributed by atoms with Gasteiger partial charge in [-0.2, -0.15) is 0 Å². The number of likely N-dealkylation sites (tertiary alicyclic amines) is 1. The summed E-state index contributed by atoms with van der Waals surface area (Å²) in [6, 6.07) is 7.78. The minimum absolute atomic E-state index is 0.136. The number of amides is 1. The van der Waals surface area contributed by atoms with Gasteiger partial charge in [0.2, 0.25) is 5.91 Å². The van der Waals surface area contributed by atoms with Crippen molar-refractivity contribution in [2.75, 3.05) is 46.8 Å². The summed E-state index contributed by atoms with van der Waals surface area (Å²) in [6.07, 6.45) is 4.06. The minimum atomic E-state index is -0.228. The fourth-order valence-corrected chi connectivity index (χ4v) is 4.50. The summed E-state index contributed by atoms with van der Waals surface area (Å²) < 4.78 is 2.01. The van der Waals surface area contributed by atoms with Gasteiger partial charge < -0.3 is 14.4 Å². The number of hydrogen-bond donors (Lipinski definition) is 0. The highest BCUT2D eigenvalue weighted by Crippen LogP contribution is 2.32. The smallest absolute Gasteiger partial charge is 0.245 e. The van der Waals surface area contributed by atoms with Crippen molar-refractivity contribution in [2.24, 2.45) is 0 Å². The first-order chi connectivity index (χ1) is 12.5. The number of likely N-dealkylation sites (N-methyl/N-ethyl adjacent to an activating group) is 1. The number of piperazine rings is 1. The molecule has 0 bridgehead atoms. The second-order valence-corrected chi connectivity index (χ2v) is 8.03. The number of piperidine rings is 1. The van der Waals surface area contributed by atoms with Crippen molar-refractivity contribution in [2.45, 2.75) is 31.3 Å². The Hall–Kier alpha value is -1.92. The lowest BCUT2D eigenvalue weighted by Gasteiger charge is -2.53. The van der Waals surface area contributed by atoms with Gasteiger partial charge in [0.25, 0.3) is 0 Å². The van der Waals surface area contributed by atoms with Crippen molar-refractivity contribution in [3.63, 3.8) is 0 Å². The van der Waals surface area contributed by atoms with Crippen LogP contribution < -0.4 is 0 Å². The summed E-state index contributed by atoms with van der Waals surface area (Å²) in [4.78, 5) is 24.7. The fraction of sp³-hybridized carbons (Fsp3) is 0.600. The van der Waals surface area contributed by atoms with Crippen molar-refractivity contribution in [3.8, 4) is 0 Å². The van der Waals surface area contributed by atoms with E-state index in [1.807, 2.05) is 35.8 Å². The van der Waals surface area contributed by atoms with E-state index in [0.29, 0.717) is 0 Å². The van der Waals surface area contributed by atoms with Crippen LogP contribution in [0.15, 0.2) is 30.6 Å². The molecule has 26 heavy (non-hydrogen) atoms. The molecule has 0 radical (unpaired) electrons. The molecule has 2 aromatic rings. The Morgan fingerprint density at radius 1 is 1.12 bits per heavy atom. The summed E-state index contributed by atoms with van der Waals surface area (Å²) in [6.45, 7) is 6.81. The van der Waals surface area contributed by atoms with Crippen molar-refractivity contribution in [1.29, 1.82) is 0 Å². The first-order valence-electron chi connectivity index (χ1n) is 9.60. The van der Waals surface area contributed by atoms with Gasteiger partial charge in [-0.3, -0.25) is 9.69 Å². The lowest BCUT2D eigenvalue weighted by atomic mass is 9.83. The molecule has 0 N–H and O–H groups in total. The highest BCUT2D eigenvalue weighted by Gasteiger charge is 2.43. The van der Waals surface area contributed by atoms with Crippen LogP contribution >= 0.6 is 0 Å². The second kappa shape index (κ2) is 6.67. The number of aromatic nitrogens is 2. The van der Waals surface area contributed by atoms with E-state index >= 15 is 0 Å². The quantitative estimate of drug-likeness (QED) is 0.825. The Morgan fingerprint density at radius 3 is 2.62 bits per heavy atom. The Labute approximate surface area is 155 Å². The molecule has 1 unspecified atom stereocenters. The van der Waals surface area contributed by atoms with Gasteiger partial charge in [-0.1, -0.05) is 12.1 Å². The first-order valence-corrected chi connectivity index (χ1v) is 9.60. The van der Waals surface area contributed by atoms with Gasteiger partial charge in [-0.15, -0.1) is 0 Å². The summed E-state index contributed by atoms with van der Waals surface area (Å²) in [7, 11) is 4.41. The SMILES string of the molecule is CC(C(=O)N1CCN(C)C2(CCN(C)CC2)C1)n1cnc2ccccc21. The highest BCUT2D eigenvalue weighted by molar-refractivity contribution is 5.83. The normalized spacial score (nSPS) is 22.8. The van der Waals surface area contributed by atoms with Crippen molar-refractivity contribution in [3.05, 3.63) is 30.6 Å². The molecular weight excluding hydrogens is 326 g/mol. The minimum Gasteiger partial charge on any atom is -0.338 e. The molecule has 1 atom stereocenters. The standard InChI is InChI=1S/C20H29N5O/c1-16(25-15-21-17-6-4-5-7-18(17)25)19(26)24-13-12-23(3)20(14-24)8-10-22(2)11-9-20/h4-7,15-16H,8-14H2,1-3H3. The van der Waals surface area contributed by atoms with Crippen LogP contribution in [0.1, 0.15) is 25.8 Å². The molecule has 1 spiro atoms. The number of para-hydroxylation sites is 2. The van der Waals surface area contributed by atoms with Gasteiger partial charge in [0.15, 0.2) is 0 Å². The molecule has 6 heteroatoms. The number of carbonyl (C=O) groups excluding carboxylic acids is 1. The molecule has 1 amide bonds. The van der Waals surface area contributed by atoms with Crippen LogP contribution in [0.5, 0.6) is 0 Å². The van der Waals surface area contributed by atoms with Crippen LogP contribution in [0.2, 0.25) is 0 Å². The average molecular weight is 355 g/mol. The molecule has 2 aliphatic rings. The number of hydrogen-bond acceptors (Lipinski definition) is 4. The van der Waals surface area contributed by atoms with E-state index in [1.54, 1.807) is 6.33 Å². The zero-order valence-electron chi connectivity index (χ0n) is 16.1. The number of nitrogens with zero attached hydrogens (tertiary/aromatic N) is 5. The third-order valence-electron chi connectivity index (χ3n) is 6.49.